The van der Waals surface area contributed by atoms with Crippen LogP contribution in [0, 0.1) is 0 Å². The molecule has 0 aromatic carbocycles. The van der Waals surface area contributed by atoms with Gasteiger partial charge in [-0.2, -0.15) is 0 Å². The molecule has 98 valence electrons. The number of nitrogens with zero attached hydrogens (tertiary/aromatic N) is 1. The molecule has 2 atom stereocenters. The number of urea groups is 1. The van der Waals surface area contributed by atoms with Crippen molar-refractivity contribution in [2.75, 3.05) is 6.54 Å². The molecule has 1 unspecified atom stereocenters. The molecule has 1 saturated heterocycles. The summed E-state index contributed by atoms with van der Waals surface area (Å²) in [5, 5.41) is 11.7. The molecule has 0 spiro atoms. The first kappa shape index (κ1) is 12.5. The van der Waals surface area contributed by atoms with Gasteiger partial charge in [0.25, 0.3) is 0 Å². The lowest BCUT2D eigenvalue weighted by Gasteiger charge is -2.23. The van der Waals surface area contributed by atoms with Crippen LogP contribution in [0.4, 0.5) is 4.79 Å². The fraction of sp³-hybridized carbons (Fsp3) is 0.500. The highest BCUT2D eigenvalue weighted by Crippen LogP contribution is 2.19. The van der Waals surface area contributed by atoms with E-state index >= 15 is 0 Å². The zero-order valence-corrected chi connectivity index (χ0v) is 10.1. The lowest BCUT2D eigenvalue weighted by molar-refractivity contribution is -0.141. The van der Waals surface area contributed by atoms with Crippen LogP contribution in [-0.2, 0) is 4.79 Å². The zero-order valence-electron chi connectivity index (χ0n) is 10.1. The average molecular weight is 252 g/mol. The Morgan fingerprint density at radius 1 is 1.61 bits per heavy atom. The number of likely N-dealkylation sites (tertiary alicyclic amines) is 1. The largest absolute Gasteiger partial charge is 0.480 e. The van der Waals surface area contributed by atoms with E-state index in [2.05, 4.69) is 5.32 Å². The van der Waals surface area contributed by atoms with Crippen molar-refractivity contribution in [3.8, 4) is 0 Å². The van der Waals surface area contributed by atoms with Gasteiger partial charge in [0.15, 0.2) is 0 Å². The summed E-state index contributed by atoms with van der Waals surface area (Å²) in [6, 6.07) is 2.16. The number of carboxylic acids is 1. The minimum Gasteiger partial charge on any atom is -0.480 e. The van der Waals surface area contributed by atoms with Gasteiger partial charge in [-0.1, -0.05) is 0 Å². The van der Waals surface area contributed by atoms with Gasteiger partial charge in [0.1, 0.15) is 11.8 Å². The maximum atomic E-state index is 12.0. The maximum Gasteiger partial charge on any atom is 0.326 e. The van der Waals surface area contributed by atoms with Gasteiger partial charge in [-0.05, 0) is 31.9 Å². The number of carboxylic acid groups (broad SMARTS) is 1. The van der Waals surface area contributed by atoms with Gasteiger partial charge < -0.3 is 19.7 Å². The van der Waals surface area contributed by atoms with Gasteiger partial charge in [-0.25, -0.2) is 9.59 Å². The van der Waals surface area contributed by atoms with Crippen molar-refractivity contribution in [2.24, 2.45) is 0 Å². The molecule has 1 aliphatic heterocycles. The Morgan fingerprint density at radius 2 is 2.39 bits per heavy atom. The maximum absolute atomic E-state index is 12.0. The Hall–Kier alpha value is -1.98. The van der Waals surface area contributed by atoms with E-state index in [1.807, 2.05) is 0 Å². The van der Waals surface area contributed by atoms with Crippen LogP contribution in [-0.4, -0.2) is 34.6 Å². The Balaban J connectivity index is 1.97. The smallest absolute Gasteiger partial charge is 0.326 e. The molecule has 6 heteroatoms. The van der Waals surface area contributed by atoms with Crippen LogP contribution in [0.3, 0.4) is 0 Å². The summed E-state index contributed by atoms with van der Waals surface area (Å²) in [5.74, 6) is -0.303. The minimum atomic E-state index is -0.951. The second-order valence-electron chi connectivity index (χ2n) is 4.38. The van der Waals surface area contributed by atoms with E-state index < -0.39 is 12.0 Å². The van der Waals surface area contributed by atoms with E-state index in [9.17, 15) is 9.59 Å². The topological polar surface area (TPSA) is 82.8 Å². The van der Waals surface area contributed by atoms with Gasteiger partial charge >= 0.3 is 12.0 Å². The van der Waals surface area contributed by atoms with Crippen molar-refractivity contribution in [1.82, 2.24) is 10.2 Å². The summed E-state index contributed by atoms with van der Waals surface area (Å²) in [5.41, 5.74) is 0. The molecule has 2 amide bonds. The van der Waals surface area contributed by atoms with Crippen LogP contribution < -0.4 is 5.32 Å². The van der Waals surface area contributed by atoms with Crippen molar-refractivity contribution in [3.63, 3.8) is 0 Å². The van der Waals surface area contributed by atoms with Crippen LogP contribution in [0.15, 0.2) is 22.8 Å². The number of amides is 2. The summed E-state index contributed by atoms with van der Waals surface area (Å²) in [6.07, 6.45) is 2.77. The number of nitrogens with one attached hydrogen (secondary N) is 1. The molecule has 18 heavy (non-hydrogen) atoms. The van der Waals surface area contributed by atoms with Gasteiger partial charge in [-0.15, -0.1) is 0 Å². The van der Waals surface area contributed by atoms with E-state index in [-0.39, 0.29) is 12.1 Å². The number of furan rings is 1. The molecule has 2 heterocycles. The zero-order chi connectivity index (χ0) is 13.1. The first-order chi connectivity index (χ1) is 8.59. The standard InChI is InChI=1S/C12H16N2O4/c1-8(10-5-3-7-18-10)13-12(17)14-6-2-4-9(14)11(15)16/h3,5,7-9H,2,4,6H2,1H3,(H,13,17)(H,15,16)/t8?,9-/m1/s1. The summed E-state index contributed by atoms with van der Waals surface area (Å²) in [4.78, 5) is 24.3. The van der Waals surface area contributed by atoms with E-state index in [4.69, 9.17) is 9.52 Å². The predicted octanol–water partition coefficient (Wildman–Crippen LogP) is 1.60. The van der Waals surface area contributed by atoms with Crippen molar-refractivity contribution in [1.29, 1.82) is 0 Å². The molecular weight excluding hydrogens is 236 g/mol. The van der Waals surface area contributed by atoms with Crippen LogP contribution in [0.5, 0.6) is 0 Å². The van der Waals surface area contributed by atoms with Crippen LogP contribution in [0.25, 0.3) is 0 Å². The van der Waals surface area contributed by atoms with Gasteiger partial charge in [0.05, 0.1) is 12.3 Å². The molecule has 0 aliphatic carbocycles. The molecule has 1 aromatic heterocycles. The molecule has 2 N–H and O–H groups in total. The Kier molecular flexibility index (Phi) is 3.55. The number of carbonyl (C=O) groups excluding carboxylic acids is 1. The van der Waals surface area contributed by atoms with Crippen LogP contribution >= 0.6 is 0 Å². The third-order valence-corrected chi connectivity index (χ3v) is 3.11. The average Bonchev–Trinajstić information content (AvgIpc) is 3.00. The van der Waals surface area contributed by atoms with Crippen molar-refractivity contribution < 1.29 is 19.1 Å². The third-order valence-electron chi connectivity index (χ3n) is 3.11. The predicted molar refractivity (Wildman–Crippen MR) is 63.0 cm³/mol. The van der Waals surface area contributed by atoms with Crippen molar-refractivity contribution in [2.45, 2.75) is 31.8 Å². The van der Waals surface area contributed by atoms with Crippen molar-refractivity contribution in [3.05, 3.63) is 24.2 Å². The second kappa shape index (κ2) is 5.12. The second-order valence-corrected chi connectivity index (χ2v) is 4.38. The number of hydrogen-bond donors (Lipinski definition) is 2. The fourth-order valence-electron chi connectivity index (χ4n) is 2.14. The summed E-state index contributed by atoms with van der Waals surface area (Å²) in [6.45, 7) is 2.27. The van der Waals surface area contributed by atoms with E-state index in [0.29, 0.717) is 18.7 Å². The van der Waals surface area contributed by atoms with Gasteiger partial charge in [0, 0.05) is 6.54 Å². The van der Waals surface area contributed by atoms with E-state index in [1.54, 1.807) is 19.1 Å². The number of aliphatic carboxylic acids is 1. The molecule has 0 saturated carbocycles. The van der Waals surface area contributed by atoms with Crippen molar-refractivity contribution >= 4 is 12.0 Å². The minimum absolute atomic E-state index is 0.275. The first-order valence-corrected chi connectivity index (χ1v) is 5.93. The molecule has 1 aliphatic rings. The van der Waals surface area contributed by atoms with Crippen LogP contribution in [0.2, 0.25) is 0 Å². The summed E-state index contributed by atoms with van der Waals surface area (Å²) < 4.78 is 5.18. The molecule has 0 bridgehead atoms. The van der Waals surface area contributed by atoms with E-state index in [0.717, 1.165) is 6.42 Å². The van der Waals surface area contributed by atoms with E-state index in [1.165, 1.54) is 11.2 Å². The monoisotopic (exact) mass is 252 g/mol. The number of hydrogen-bond acceptors (Lipinski definition) is 3. The van der Waals surface area contributed by atoms with Gasteiger partial charge in [-0.3, -0.25) is 0 Å². The Morgan fingerprint density at radius 3 is 3.00 bits per heavy atom. The Bertz CT molecular complexity index is 429. The third kappa shape index (κ3) is 2.47. The number of rotatable bonds is 3. The Labute approximate surface area is 105 Å². The number of carbonyl (C=O) groups is 2. The quantitative estimate of drug-likeness (QED) is 0.855. The summed E-state index contributed by atoms with van der Waals surface area (Å²) in [7, 11) is 0. The molecule has 2 rings (SSSR count). The summed E-state index contributed by atoms with van der Waals surface area (Å²) >= 11 is 0. The van der Waals surface area contributed by atoms with Gasteiger partial charge in [0.2, 0.25) is 0 Å². The highest BCUT2D eigenvalue weighted by atomic mass is 16.4. The lowest BCUT2D eigenvalue weighted by Crippen LogP contribution is -2.46. The normalized spacial score (nSPS) is 20.7. The molecular formula is C12H16N2O4. The SMILES string of the molecule is CC(NC(=O)N1CCC[C@@H]1C(=O)O)c1ccco1. The highest BCUT2D eigenvalue weighted by Gasteiger charge is 2.34. The van der Waals surface area contributed by atoms with Crippen LogP contribution in [0.1, 0.15) is 31.6 Å². The molecule has 6 nitrogen and oxygen atoms in total. The molecule has 1 fully saturated rings. The first-order valence-electron chi connectivity index (χ1n) is 5.93. The molecule has 1 aromatic rings. The lowest BCUT2D eigenvalue weighted by atomic mass is 10.2. The molecule has 0 radical (unpaired) electrons. The highest BCUT2D eigenvalue weighted by molar-refractivity contribution is 5.83. The fourth-order valence-corrected chi connectivity index (χ4v) is 2.14.